The molecule has 0 heterocycles. The first-order chi connectivity index (χ1) is 6.20. The van der Waals surface area contributed by atoms with E-state index in [2.05, 4.69) is 26.0 Å². The molecule has 0 aromatic rings. The molecule has 0 fully saturated rings. The number of hydrogen-bond acceptors (Lipinski definition) is 3. The molecule has 0 unspecified atom stereocenters. The zero-order valence-corrected chi connectivity index (χ0v) is 9.22. The highest BCUT2D eigenvalue weighted by atomic mass is 79.9. The number of carbonyl (C=O) groups is 2. The molecule has 0 spiro atoms. The van der Waals surface area contributed by atoms with Gasteiger partial charge in [0.2, 0.25) is 5.91 Å². The summed E-state index contributed by atoms with van der Waals surface area (Å²) in [6.45, 7) is 2.49. The predicted molar refractivity (Wildman–Crippen MR) is 52.7 cm³/mol. The van der Waals surface area contributed by atoms with Gasteiger partial charge in [-0.25, -0.2) is 0 Å². The van der Waals surface area contributed by atoms with E-state index in [0.717, 1.165) is 0 Å². The first-order valence-electron chi connectivity index (χ1n) is 4.19. The van der Waals surface area contributed by atoms with Crippen molar-refractivity contribution in [2.24, 2.45) is 0 Å². The summed E-state index contributed by atoms with van der Waals surface area (Å²) in [4.78, 5) is 21.7. The Hall–Kier alpha value is -0.580. The van der Waals surface area contributed by atoms with Crippen LogP contribution in [0.3, 0.4) is 0 Å². The van der Waals surface area contributed by atoms with Crippen LogP contribution in [0.5, 0.6) is 0 Å². The van der Waals surface area contributed by atoms with Gasteiger partial charge in [0.1, 0.15) is 0 Å². The quantitative estimate of drug-likeness (QED) is 0.563. The summed E-state index contributed by atoms with van der Waals surface area (Å²) in [5.41, 5.74) is 0. The van der Waals surface area contributed by atoms with Crippen molar-refractivity contribution >= 4 is 27.8 Å². The first kappa shape index (κ1) is 12.4. The summed E-state index contributed by atoms with van der Waals surface area (Å²) in [6.07, 6.45) is 0.671. The zero-order valence-electron chi connectivity index (χ0n) is 7.64. The standard InChI is InChI=1S/C8H14BrNO3/c1-2-13-8(12)4-6-10-7(11)3-5-9/h2-6H2,1H3,(H,10,11). The molecule has 4 nitrogen and oxygen atoms in total. The van der Waals surface area contributed by atoms with E-state index in [1.807, 2.05) is 0 Å². The number of halogens is 1. The molecule has 0 aliphatic rings. The largest absolute Gasteiger partial charge is 0.466 e. The van der Waals surface area contributed by atoms with E-state index in [1.54, 1.807) is 6.92 Å². The van der Waals surface area contributed by atoms with Crippen molar-refractivity contribution in [1.82, 2.24) is 5.32 Å². The maximum absolute atomic E-state index is 10.9. The van der Waals surface area contributed by atoms with E-state index >= 15 is 0 Å². The Morgan fingerprint density at radius 1 is 1.38 bits per heavy atom. The van der Waals surface area contributed by atoms with Crippen LogP contribution in [0.2, 0.25) is 0 Å². The molecular formula is C8H14BrNO3. The van der Waals surface area contributed by atoms with E-state index in [1.165, 1.54) is 0 Å². The monoisotopic (exact) mass is 251 g/mol. The molecular weight excluding hydrogens is 238 g/mol. The predicted octanol–water partition coefficient (Wildman–Crippen LogP) is 0.841. The van der Waals surface area contributed by atoms with Gasteiger partial charge in [-0.1, -0.05) is 15.9 Å². The van der Waals surface area contributed by atoms with Crippen molar-refractivity contribution in [3.05, 3.63) is 0 Å². The fourth-order valence-corrected chi connectivity index (χ4v) is 1.07. The minimum absolute atomic E-state index is 0.0545. The number of hydrogen-bond donors (Lipinski definition) is 1. The lowest BCUT2D eigenvalue weighted by molar-refractivity contribution is -0.143. The van der Waals surface area contributed by atoms with E-state index in [4.69, 9.17) is 0 Å². The van der Waals surface area contributed by atoms with E-state index in [-0.39, 0.29) is 18.3 Å². The lowest BCUT2D eigenvalue weighted by Gasteiger charge is -2.03. The van der Waals surface area contributed by atoms with E-state index in [9.17, 15) is 9.59 Å². The van der Waals surface area contributed by atoms with Crippen molar-refractivity contribution in [1.29, 1.82) is 0 Å². The second-order valence-electron chi connectivity index (χ2n) is 2.34. The fourth-order valence-electron chi connectivity index (χ4n) is 0.711. The van der Waals surface area contributed by atoms with Gasteiger partial charge in [-0.3, -0.25) is 9.59 Å². The van der Waals surface area contributed by atoms with E-state index in [0.29, 0.717) is 24.9 Å². The second kappa shape index (κ2) is 8.04. The van der Waals surface area contributed by atoms with Crippen LogP contribution < -0.4 is 5.32 Å². The highest BCUT2D eigenvalue weighted by Gasteiger charge is 2.03. The third-order valence-corrected chi connectivity index (χ3v) is 1.67. The molecule has 0 aliphatic heterocycles. The number of rotatable bonds is 6. The molecule has 0 saturated heterocycles. The summed E-state index contributed by atoms with van der Waals surface area (Å²) in [5.74, 6) is -0.331. The maximum Gasteiger partial charge on any atom is 0.307 e. The van der Waals surface area contributed by atoms with Crippen molar-refractivity contribution in [2.75, 3.05) is 18.5 Å². The average Bonchev–Trinajstić information content (AvgIpc) is 2.05. The second-order valence-corrected chi connectivity index (χ2v) is 3.14. The molecule has 1 amide bonds. The Kier molecular flexibility index (Phi) is 7.68. The Morgan fingerprint density at radius 2 is 2.08 bits per heavy atom. The van der Waals surface area contributed by atoms with Crippen LogP contribution in [0, 0.1) is 0 Å². The lowest BCUT2D eigenvalue weighted by Crippen LogP contribution is -2.26. The van der Waals surface area contributed by atoms with E-state index < -0.39 is 0 Å². The molecule has 0 radical (unpaired) electrons. The van der Waals surface area contributed by atoms with Crippen molar-refractivity contribution in [2.45, 2.75) is 19.8 Å². The Labute approximate surface area is 86.1 Å². The lowest BCUT2D eigenvalue weighted by atomic mass is 10.4. The van der Waals surface area contributed by atoms with Crippen LogP contribution >= 0.6 is 15.9 Å². The van der Waals surface area contributed by atoms with Gasteiger partial charge in [-0.2, -0.15) is 0 Å². The topological polar surface area (TPSA) is 55.4 Å². The van der Waals surface area contributed by atoms with Gasteiger partial charge in [-0.05, 0) is 6.92 Å². The molecule has 13 heavy (non-hydrogen) atoms. The smallest absolute Gasteiger partial charge is 0.307 e. The average molecular weight is 252 g/mol. The molecule has 0 aliphatic carbocycles. The normalized spacial score (nSPS) is 9.38. The zero-order chi connectivity index (χ0) is 10.1. The summed E-state index contributed by atoms with van der Waals surface area (Å²) in [7, 11) is 0. The molecule has 0 aromatic heterocycles. The molecule has 0 bridgehead atoms. The van der Waals surface area contributed by atoms with Crippen LogP contribution in [0.4, 0.5) is 0 Å². The summed E-state index contributed by atoms with van der Waals surface area (Å²) in [5, 5.41) is 3.24. The maximum atomic E-state index is 10.9. The Bertz CT molecular complexity index is 155. The van der Waals surface area contributed by atoms with Crippen molar-refractivity contribution in [3.63, 3.8) is 0 Å². The fraction of sp³-hybridized carbons (Fsp3) is 0.750. The van der Waals surface area contributed by atoms with Gasteiger partial charge in [0.15, 0.2) is 0 Å². The molecule has 0 rings (SSSR count). The molecule has 0 saturated carbocycles. The number of carbonyl (C=O) groups excluding carboxylic acids is 2. The van der Waals surface area contributed by atoms with Crippen molar-refractivity contribution < 1.29 is 14.3 Å². The minimum atomic E-state index is -0.276. The third kappa shape index (κ3) is 7.77. The van der Waals surface area contributed by atoms with Crippen LogP contribution in [-0.4, -0.2) is 30.4 Å². The van der Waals surface area contributed by atoms with Crippen molar-refractivity contribution in [3.8, 4) is 0 Å². The van der Waals surface area contributed by atoms with Crippen LogP contribution in [0.25, 0.3) is 0 Å². The summed E-state index contributed by atoms with van der Waals surface area (Å²) in [6, 6.07) is 0. The van der Waals surface area contributed by atoms with Gasteiger partial charge in [-0.15, -0.1) is 0 Å². The number of esters is 1. The summed E-state index contributed by atoms with van der Waals surface area (Å²) >= 11 is 3.14. The molecule has 0 atom stereocenters. The molecule has 0 aromatic carbocycles. The molecule has 5 heteroatoms. The van der Waals surface area contributed by atoms with Gasteiger partial charge < -0.3 is 10.1 Å². The third-order valence-electron chi connectivity index (χ3n) is 1.28. The number of nitrogens with one attached hydrogen (secondary N) is 1. The number of alkyl halides is 1. The van der Waals surface area contributed by atoms with Gasteiger partial charge in [0.25, 0.3) is 0 Å². The van der Waals surface area contributed by atoms with Crippen LogP contribution in [0.15, 0.2) is 0 Å². The number of ether oxygens (including phenoxy) is 1. The highest BCUT2D eigenvalue weighted by Crippen LogP contribution is 1.88. The number of amides is 1. The Balaban J connectivity index is 3.33. The molecule has 1 N–H and O–H groups in total. The summed E-state index contributed by atoms with van der Waals surface area (Å²) < 4.78 is 4.68. The van der Waals surface area contributed by atoms with Gasteiger partial charge in [0.05, 0.1) is 13.0 Å². The SMILES string of the molecule is CCOC(=O)CCNC(=O)CCBr. The molecule has 76 valence electrons. The first-order valence-corrected chi connectivity index (χ1v) is 5.31. The van der Waals surface area contributed by atoms with Gasteiger partial charge >= 0.3 is 5.97 Å². The van der Waals surface area contributed by atoms with Crippen LogP contribution in [0.1, 0.15) is 19.8 Å². The van der Waals surface area contributed by atoms with Crippen LogP contribution in [-0.2, 0) is 14.3 Å². The minimum Gasteiger partial charge on any atom is -0.466 e. The van der Waals surface area contributed by atoms with Gasteiger partial charge in [0, 0.05) is 18.3 Å². The highest BCUT2D eigenvalue weighted by molar-refractivity contribution is 9.09. The Morgan fingerprint density at radius 3 is 2.62 bits per heavy atom.